The van der Waals surface area contributed by atoms with Gasteiger partial charge in [-0.3, -0.25) is 9.59 Å². The van der Waals surface area contributed by atoms with Gasteiger partial charge < -0.3 is 14.6 Å². The highest BCUT2D eigenvalue weighted by Gasteiger charge is 2.54. The van der Waals surface area contributed by atoms with Crippen molar-refractivity contribution in [3.05, 3.63) is 29.3 Å². The van der Waals surface area contributed by atoms with Gasteiger partial charge in [-0.25, -0.2) is 0 Å². The number of phenolic OH excluding ortho intramolecular Hbond substituents is 1. The first kappa shape index (κ1) is 17.9. The van der Waals surface area contributed by atoms with Gasteiger partial charge in [0.05, 0.1) is 18.4 Å². The Balaban J connectivity index is 1.90. The van der Waals surface area contributed by atoms with Crippen LogP contribution in [0.15, 0.2) is 18.2 Å². The van der Waals surface area contributed by atoms with E-state index in [1.165, 1.54) is 0 Å². The summed E-state index contributed by atoms with van der Waals surface area (Å²) in [7, 11) is -1.34. The number of aromatic hydroxyl groups is 1. The van der Waals surface area contributed by atoms with Crippen molar-refractivity contribution in [3.63, 3.8) is 0 Å². The van der Waals surface area contributed by atoms with E-state index in [1.54, 1.807) is 18.2 Å². The minimum atomic E-state index is -1.34. The number of rotatable bonds is 5. The molecule has 4 unspecified atom stereocenters. The number of hydrogen-bond donors (Lipinski definition) is 1. The number of hydrogen-bond acceptors (Lipinski definition) is 5. The average molecular weight is 360 g/mol. The maximum absolute atomic E-state index is 12.7. The molecule has 1 aromatic carbocycles. The van der Waals surface area contributed by atoms with Crippen LogP contribution in [0.25, 0.3) is 0 Å². The van der Waals surface area contributed by atoms with Gasteiger partial charge in [-0.05, 0) is 29.3 Å². The van der Waals surface area contributed by atoms with Crippen molar-refractivity contribution in [2.45, 2.75) is 43.9 Å². The molecule has 6 heteroatoms. The molecule has 134 valence electrons. The minimum Gasteiger partial charge on any atom is -0.508 e. The van der Waals surface area contributed by atoms with Gasteiger partial charge >= 0.3 is 5.97 Å². The fraction of sp³-hybridized carbons (Fsp3) is 0.526. The molecule has 25 heavy (non-hydrogen) atoms. The second-order valence-electron chi connectivity index (χ2n) is 8.29. The van der Waals surface area contributed by atoms with Gasteiger partial charge in [-0.15, -0.1) is 0 Å². The molecule has 5 nitrogen and oxygen atoms in total. The zero-order chi connectivity index (χ0) is 18.4. The number of ether oxygens (including phenoxy) is 1. The van der Waals surface area contributed by atoms with E-state index in [0.29, 0.717) is 12.2 Å². The SMILES string of the molecule is C[Si](C)(C)CCOC(=O)C1C2C(=O)CC(c3ccc(O)cc32)C1C=O. The number of phenols is 1. The predicted molar refractivity (Wildman–Crippen MR) is 95.4 cm³/mol. The van der Waals surface area contributed by atoms with Crippen molar-refractivity contribution in [1.29, 1.82) is 0 Å². The van der Waals surface area contributed by atoms with E-state index in [1.807, 2.05) is 0 Å². The van der Waals surface area contributed by atoms with Gasteiger partial charge in [0, 0.05) is 26.3 Å². The standard InChI is InChI=1S/C19H24O5Si/c1-25(2,3)7-6-24-19(23)18-15(10-20)13-9-16(22)17(18)14-8-11(21)4-5-12(13)14/h4-5,8,10,13,15,17-18,21H,6-7,9H2,1-3H3. The van der Waals surface area contributed by atoms with E-state index in [2.05, 4.69) is 19.6 Å². The molecule has 1 saturated carbocycles. The highest BCUT2D eigenvalue weighted by Crippen LogP contribution is 2.54. The number of ketones is 1. The van der Waals surface area contributed by atoms with Crippen molar-refractivity contribution in [2.75, 3.05) is 6.61 Å². The third-order valence-electron chi connectivity index (χ3n) is 5.34. The second kappa shape index (κ2) is 6.41. The van der Waals surface area contributed by atoms with Crippen molar-refractivity contribution in [2.24, 2.45) is 11.8 Å². The first-order valence-corrected chi connectivity index (χ1v) is 12.4. The van der Waals surface area contributed by atoms with Crippen molar-refractivity contribution in [1.82, 2.24) is 0 Å². The quantitative estimate of drug-likeness (QED) is 0.496. The third-order valence-corrected chi connectivity index (χ3v) is 7.04. The molecule has 0 aromatic heterocycles. The fourth-order valence-electron chi connectivity index (χ4n) is 4.03. The Morgan fingerprint density at radius 1 is 1.32 bits per heavy atom. The smallest absolute Gasteiger partial charge is 0.310 e. The Morgan fingerprint density at radius 3 is 2.68 bits per heavy atom. The Morgan fingerprint density at radius 2 is 2.04 bits per heavy atom. The number of Topliss-reactive ketones (excluding diaryl/α,β-unsaturated/α-hetero) is 1. The zero-order valence-corrected chi connectivity index (χ0v) is 15.8. The van der Waals surface area contributed by atoms with E-state index in [0.717, 1.165) is 17.9 Å². The molecule has 4 rings (SSSR count). The summed E-state index contributed by atoms with van der Waals surface area (Å²) in [6.45, 7) is 6.91. The molecule has 1 N–H and O–H groups in total. The molecular weight excluding hydrogens is 336 g/mol. The van der Waals surface area contributed by atoms with E-state index >= 15 is 0 Å². The number of fused-ring (bicyclic) bond motifs is 2. The van der Waals surface area contributed by atoms with Crippen LogP contribution >= 0.6 is 0 Å². The van der Waals surface area contributed by atoms with E-state index in [-0.39, 0.29) is 23.9 Å². The summed E-state index contributed by atoms with van der Waals surface area (Å²) in [4.78, 5) is 37.0. The highest BCUT2D eigenvalue weighted by molar-refractivity contribution is 6.76. The molecule has 0 heterocycles. The molecule has 1 fully saturated rings. The summed E-state index contributed by atoms with van der Waals surface area (Å²) < 4.78 is 5.46. The topological polar surface area (TPSA) is 80.7 Å². The molecule has 0 amide bonds. The second-order valence-corrected chi connectivity index (χ2v) is 13.9. The van der Waals surface area contributed by atoms with Gasteiger partial charge in [0.1, 0.15) is 17.8 Å². The summed E-state index contributed by atoms with van der Waals surface area (Å²) in [5, 5.41) is 9.79. The lowest BCUT2D eigenvalue weighted by atomic mass is 9.56. The van der Waals surface area contributed by atoms with Crippen molar-refractivity contribution < 1.29 is 24.2 Å². The van der Waals surface area contributed by atoms with Gasteiger partial charge in [-0.2, -0.15) is 0 Å². The van der Waals surface area contributed by atoms with Crippen LogP contribution in [0.4, 0.5) is 0 Å². The van der Waals surface area contributed by atoms with Crippen molar-refractivity contribution in [3.8, 4) is 5.75 Å². The third kappa shape index (κ3) is 3.27. The van der Waals surface area contributed by atoms with Crippen LogP contribution in [0.2, 0.25) is 25.7 Å². The molecule has 0 saturated heterocycles. The van der Waals surface area contributed by atoms with Gasteiger partial charge in [0.15, 0.2) is 0 Å². The van der Waals surface area contributed by atoms with Crippen LogP contribution in [0, 0.1) is 11.8 Å². The lowest BCUT2D eigenvalue weighted by molar-refractivity contribution is -0.157. The summed E-state index contributed by atoms with van der Waals surface area (Å²) in [5.41, 5.74) is 1.57. The normalized spacial score (nSPS) is 27.7. The lowest BCUT2D eigenvalue weighted by Crippen LogP contribution is -2.48. The molecular formula is C19H24O5Si. The maximum atomic E-state index is 12.7. The molecule has 1 aromatic rings. The molecule has 4 atom stereocenters. The van der Waals surface area contributed by atoms with E-state index in [4.69, 9.17) is 4.74 Å². The Labute approximate surface area is 148 Å². The first-order chi connectivity index (χ1) is 11.7. The highest BCUT2D eigenvalue weighted by atomic mass is 28.3. The molecule has 3 aliphatic rings. The maximum Gasteiger partial charge on any atom is 0.310 e. The molecule has 0 aliphatic heterocycles. The average Bonchev–Trinajstić information content (AvgIpc) is 2.52. The van der Waals surface area contributed by atoms with E-state index < -0.39 is 31.8 Å². The monoisotopic (exact) mass is 360 g/mol. The Kier molecular flexibility index (Phi) is 4.58. The van der Waals surface area contributed by atoms with Crippen LogP contribution in [0.3, 0.4) is 0 Å². The number of esters is 1. The fourth-order valence-corrected chi connectivity index (χ4v) is 4.75. The van der Waals surface area contributed by atoms with Crippen molar-refractivity contribution >= 4 is 26.1 Å². The Hall–Kier alpha value is -1.95. The van der Waals surface area contributed by atoms with Gasteiger partial charge in [0.25, 0.3) is 0 Å². The Bertz CT molecular complexity index is 721. The number of aldehydes is 1. The van der Waals surface area contributed by atoms with Crippen LogP contribution in [-0.2, 0) is 19.1 Å². The summed E-state index contributed by atoms with van der Waals surface area (Å²) in [6.07, 6.45) is 1.06. The summed E-state index contributed by atoms with van der Waals surface area (Å²) >= 11 is 0. The van der Waals surface area contributed by atoms with Gasteiger partial charge in [0.2, 0.25) is 0 Å². The minimum absolute atomic E-state index is 0.0478. The predicted octanol–water partition coefficient (Wildman–Crippen LogP) is 2.86. The number of carbonyl (C=O) groups is 3. The number of carbonyl (C=O) groups excluding carboxylic acids is 3. The largest absolute Gasteiger partial charge is 0.508 e. The van der Waals surface area contributed by atoms with Crippen LogP contribution < -0.4 is 0 Å². The first-order valence-electron chi connectivity index (χ1n) is 8.70. The molecule has 3 aliphatic carbocycles. The zero-order valence-electron chi connectivity index (χ0n) is 14.8. The van der Waals surface area contributed by atoms with Gasteiger partial charge in [-0.1, -0.05) is 25.7 Å². The van der Waals surface area contributed by atoms with Crippen LogP contribution in [0.1, 0.15) is 29.4 Å². The summed E-state index contributed by atoms with van der Waals surface area (Å²) in [5.74, 6) is -2.77. The lowest BCUT2D eigenvalue weighted by Gasteiger charge is -2.45. The van der Waals surface area contributed by atoms with Crippen LogP contribution in [-0.4, -0.2) is 37.8 Å². The summed E-state index contributed by atoms with van der Waals surface area (Å²) in [6, 6.07) is 5.72. The molecule has 2 bridgehead atoms. The van der Waals surface area contributed by atoms with E-state index in [9.17, 15) is 19.5 Å². The number of benzene rings is 1. The molecule has 0 spiro atoms. The van der Waals surface area contributed by atoms with Crippen LogP contribution in [0.5, 0.6) is 5.75 Å². The molecule has 0 radical (unpaired) electrons.